The van der Waals surface area contributed by atoms with E-state index >= 15 is 0 Å². The highest BCUT2D eigenvalue weighted by Crippen LogP contribution is 2.29. The molecule has 154 valence electrons. The number of benzene rings is 2. The van der Waals surface area contributed by atoms with Gasteiger partial charge >= 0.3 is 0 Å². The van der Waals surface area contributed by atoms with Crippen molar-refractivity contribution in [2.75, 3.05) is 13.7 Å². The zero-order chi connectivity index (χ0) is 21.3. The molecule has 0 aliphatic rings. The van der Waals surface area contributed by atoms with Gasteiger partial charge in [-0.3, -0.25) is 0 Å². The fourth-order valence-corrected chi connectivity index (χ4v) is 5.19. The minimum atomic E-state index is -3.75. The van der Waals surface area contributed by atoms with E-state index in [1.54, 1.807) is 14.0 Å². The van der Waals surface area contributed by atoms with E-state index in [9.17, 15) is 13.5 Å². The maximum Gasteiger partial charge on any atom is 0.241 e. The Morgan fingerprint density at radius 2 is 1.39 bits per heavy atom. The Bertz CT molecular complexity index is 932. The molecule has 5 nitrogen and oxygen atoms in total. The van der Waals surface area contributed by atoms with Crippen molar-refractivity contribution in [3.05, 3.63) is 57.6 Å². The first kappa shape index (κ1) is 22.4. The number of ether oxygens (including phenoxy) is 1. The van der Waals surface area contributed by atoms with Crippen LogP contribution in [0.15, 0.2) is 29.2 Å². The van der Waals surface area contributed by atoms with Gasteiger partial charge in [0, 0.05) is 13.0 Å². The van der Waals surface area contributed by atoms with Crippen LogP contribution in [0.2, 0.25) is 0 Å². The van der Waals surface area contributed by atoms with Gasteiger partial charge in [-0.25, -0.2) is 13.1 Å². The molecular weight excluding hydrogens is 374 g/mol. The average Bonchev–Trinajstić information content (AvgIpc) is 2.64. The molecule has 0 aliphatic heterocycles. The Balaban J connectivity index is 2.22. The molecule has 0 bridgehead atoms. The van der Waals surface area contributed by atoms with Gasteiger partial charge in [0.15, 0.2) is 0 Å². The monoisotopic (exact) mass is 405 g/mol. The van der Waals surface area contributed by atoms with Gasteiger partial charge in [0.2, 0.25) is 10.0 Å². The van der Waals surface area contributed by atoms with Crippen molar-refractivity contribution in [3.8, 4) is 5.75 Å². The third-order valence-corrected chi connectivity index (χ3v) is 7.26. The zero-order valence-electron chi connectivity index (χ0n) is 17.8. The fourth-order valence-electron chi connectivity index (χ4n) is 3.44. The molecule has 0 heterocycles. The highest BCUT2D eigenvalue weighted by Gasteiger charge is 2.28. The second-order valence-electron chi connectivity index (χ2n) is 7.80. The van der Waals surface area contributed by atoms with Crippen LogP contribution in [0.4, 0.5) is 0 Å². The summed E-state index contributed by atoms with van der Waals surface area (Å²) in [5.74, 6) is 0.736. The first-order chi connectivity index (χ1) is 12.9. The predicted molar refractivity (Wildman–Crippen MR) is 113 cm³/mol. The summed E-state index contributed by atoms with van der Waals surface area (Å²) in [4.78, 5) is 0.313. The smallest absolute Gasteiger partial charge is 0.241 e. The van der Waals surface area contributed by atoms with Crippen LogP contribution in [0.1, 0.15) is 40.3 Å². The lowest BCUT2D eigenvalue weighted by atomic mass is 9.95. The van der Waals surface area contributed by atoms with E-state index in [1.807, 2.05) is 58.9 Å². The summed E-state index contributed by atoms with van der Waals surface area (Å²) in [6, 6.07) is 7.37. The Hall–Kier alpha value is -1.89. The first-order valence-corrected chi connectivity index (χ1v) is 10.8. The number of rotatable bonds is 7. The summed E-state index contributed by atoms with van der Waals surface area (Å²) in [7, 11) is -2.15. The van der Waals surface area contributed by atoms with E-state index in [1.165, 1.54) is 0 Å². The largest absolute Gasteiger partial charge is 0.497 e. The third-order valence-electron chi connectivity index (χ3n) is 5.59. The summed E-state index contributed by atoms with van der Waals surface area (Å²) in [6.45, 7) is 11.1. The summed E-state index contributed by atoms with van der Waals surface area (Å²) in [5.41, 5.74) is 4.26. The minimum Gasteiger partial charge on any atom is -0.497 e. The van der Waals surface area contributed by atoms with Gasteiger partial charge < -0.3 is 9.84 Å². The number of hydrogen-bond acceptors (Lipinski definition) is 4. The Labute approximate surface area is 168 Å². The van der Waals surface area contributed by atoms with Gasteiger partial charge in [-0.1, -0.05) is 12.1 Å². The molecule has 0 aliphatic carbocycles. The van der Waals surface area contributed by atoms with Crippen molar-refractivity contribution in [1.29, 1.82) is 0 Å². The van der Waals surface area contributed by atoms with Gasteiger partial charge in [-0.15, -0.1) is 0 Å². The summed E-state index contributed by atoms with van der Waals surface area (Å²) >= 11 is 0. The van der Waals surface area contributed by atoms with E-state index in [0.29, 0.717) is 11.3 Å². The number of hydrogen-bond donors (Lipinski definition) is 2. The maximum absolute atomic E-state index is 13.0. The average molecular weight is 406 g/mol. The van der Waals surface area contributed by atoms with Crippen molar-refractivity contribution in [2.24, 2.45) is 0 Å². The summed E-state index contributed by atoms with van der Waals surface area (Å²) < 4.78 is 33.8. The molecule has 28 heavy (non-hydrogen) atoms. The normalized spacial score (nSPS) is 14.0. The minimum absolute atomic E-state index is 0.0772. The van der Waals surface area contributed by atoms with E-state index in [4.69, 9.17) is 4.74 Å². The van der Waals surface area contributed by atoms with Crippen LogP contribution in [0.25, 0.3) is 0 Å². The van der Waals surface area contributed by atoms with Gasteiger partial charge in [0.05, 0.1) is 17.6 Å². The molecule has 2 N–H and O–H groups in total. The SMILES string of the molecule is COc1ccc(CC(C)(O)CNS(=O)(=O)c2c(C)c(C)c(C)c(C)c2C)cc1. The maximum atomic E-state index is 13.0. The molecule has 0 saturated heterocycles. The van der Waals surface area contributed by atoms with E-state index in [0.717, 1.165) is 39.1 Å². The Morgan fingerprint density at radius 1 is 0.929 bits per heavy atom. The second-order valence-corrected chi connectivity index (χ2v) is 9.50. The molecule has 2 rings (SSSR count). The van der Waals surface area contributed by atoms with Gasteiger partial charge in [0.1, 0.15) is 5.75 Å². The van der Waals surface area contributed by atoms with E-state index in [2.05, 4.69) is 4.72 Å². The molecule has 0 aromatic heterocycles. The third kappa shape index (κ3) is 4.74. The van der Waals surface area contributed by atoms with Crippen molar-refractivity contribution >= 4 is 10.0 Å². The van der Waals surface area contributed by atoms with Gasteiger partial charge in [-0.2, -0.15) is 0 Å². The molecule has 2 aromatic carbocycles. The standard InChI is InChI=1S/C22H31NO4S/c1-14-15(2)17(4)21(18(5)16(14)3)28(25,26)23-13-22(6,24)12-19-8-10-20(27-7)11-9-19/h8-11,23-24H,12-13H2,1-7H3. The topological polar surface area (TPSA) is 75.6 Å². The highest BCUT2D eigenvalue weighted by molar-refractivity contribution is 7.89. The molecule has 1 unspecified atom stereocenters. The van der Waals surface area contributed by atoms with Crippen LogP contribution in [0.5, 0.6) is 5.75 Å². The van der Waals surface area contributed by atoms with Crippen molar-refractivity contribution in [2.45, 2.75) is 58.5 Å². The van der Waals surface area contributed by atoms with E-state index in [-0.39, 0.29) is 6.54 Å². The lowest BCUT2D eigenvalue weighted by Crippen LogP contribution is -2.42. The molecule has 0 amide bonds. The molecule has 0 radical (unpaired) electrons. The molecule has 1 atom stereocenters. The lowest BCUT2D eigenvalue weighted by Gasteiger charge is -2.25. The quantitative estimate of drug-likeness (QED) is 0.739. The van der Waals surface area contributed by atoms with Crippen LogP contribution in [-0.2, 0) is 16.4 Å². The molecule has 0 spiro atoms. The zero-order valence-corrected chi connectivity index (χ0v) is 18.6. The van der Waals surface area contributed by atoms with Crippen LogP contribution in [0, 0.1) is 34.6 Å². The fraction of sp³-hybridized carbons (Fsp3) is 0.455. The van der Waals surface area contributed by atoms with Crippen molar-refractivity contribution < 1.29 is 18.3 Å². The molecule has 0 saturated carbocycles. The first-order valence-electron chi connectivity index (χ1n) is 9.31. The molecule has 2 aromatic rings. The van der Waals surface area contributed by atoms with Crippen molar-refractivity contribution in [3.63, 3.8) is 0 Å². The number of aliphatic hydroxyl groups is 1. The summed E-state index contributed by atoms with van der Waals surface area (Å²) in [5, 5.41) is 10.7. The Morgan fingerprint density at radius 3 is 1.86 bits per heavy atom. The molecular formula is C22H31NO4S. The van der Waals surface area contributed by atoms with Crippen LogP contribution >= 0.6 is 0 Å². The van der Waals surface area contributed by atoms with Crippen LogP contribution in [-0.4, -0.2) is 32.8 Å². The lowest BCUT2D eigenvalue weighted by molar-refractivity contribution is 0.0657. The summed E-state index contributed by atoms with van der Waals surface area (Å²) in [6.07, 6.45) is 0.323. The van der Waals surface area contributed by atoms with Crippen LogP contribution < -0.4 is 9.46 Å². The van der Waals surface area contributed by atoms with E-state index < -0.39 is 15.6 Å². The molecule has 0 fully saturated rings. The number of nitrogens with one attached hydrogen (secondary N) is 1. The highest BCUT2D eigenvalue weighted by atomic mass is 32.2. The number of methoxy groups -OCH3 is 1. The van der Waals surface area contributed by atoms with Gasteiger partial charge in [-0.05, 0) is 87.1 Å². The number of sulfonamides is 1. The Kier molecular flexibility index (Phi) is 6.58. The molecule has 6 heteroatoms. The second kappa shape index (κ2) is 8.23. The van der Waals surface area contributed by atoms with Crippen molar-refractivity contribution in [1.82, 2.24) is 4.72 Å². The predicted octanol–water partition coefficient (Wildman–Crippen LogP) is 3.51. The van der Waals surface area contributed by atoms with Crippen LogP contribution in [0.3, 0.4) is 0 Å². The van der Waals surface area contributed by atoms with Gasteiger partial charge in [0.25, 0.3) is 0 Å².